The summed E-state index contributed by atoms with van der Waals surface area (Å²) in [5, 5.41) is 20.3. The van der Waals surface area contributed by atoms with E-state index < -0.39 is 0 Å². The molecule has 34 heavy (non-hydrogen) atoms. The molecule has 2 aromatic rings. The van der Waals surface area contributed by atoms with Gasteiger partial charge in [0.25, 0.3) is 0 Å². The molecule has 0 spiro atoms. The fourth-order valence-electron chi connectivity index (χ4n) is 4.64. The number of aliphatic hydroxyl groups excluding tert-OH is 1. The second-order valence-corrected chi connectivity index (χ2v) is 8.40. The van der Waals surface area contributed by atoms with Crippen LogP contribution in [0, 0.1) is 0 Å². The molecule has 8 heteroatoms. The Morgan fingerprint density at radius 3 is 2.91 bits per heavy atom. The third-order valence-corrected chi connectivity index (χ3v) is 6.05. The van der Waals surface area contributed by atoms with Gasteiger partial charge in [-0.25, -0.2) is 0 Å². The lowest BCUT2D eigenvalue weighted by molar-refractivity contribution is 0.0446. The summed E-state index contributed by atoms with van der Waals surface area (Å²) < 4.78 is 5.62. The van der Waals surface area contributed by atoms with Crippen LogP contribution in [-0.4, -0.2) is 62.3 Å². The topological polar surface area (TPSA) is 84.4 Å². The lowest BCUT2D eigenvalue weighted by atomic mass is 9.92. The highest BCUT2D eigenvalue weighted by molar-refractivity contribution is 6.09. The van der Waals surface area contributed by atoms with Crippen molar-refractivity contribution in [2.45, 2.75) is 19.4 Å². The highest BCUT2D eigenvalue weighted by Crippen LogP contribution is 2.40. The lowest BCUT2D eigenvalue weighted by Gasteiger charge is -2.27. The fraction of sp³-hybridized carbons (Fsp3) is 0.346. The van der Waals surface area contributed by atoms with Crippen molar-refractivity contribution in [3.63, 3.8) is 0 Å². The van der Waals surface area contributed by atoms with E-state index in [0.29, 0.717) is 0 Å². The van der Waals surface area contributed by atoms with E-state index in [1.165, 1.54) is 16.8 Å². The van der Waals surface area contributed by atoms with Crippen LogP contribution >= 0.6 is 0 Å². The monoisotopic (exact) mass is 462 g/mol. The molecule has 2 aliphatic rings. The second-order valence-electron chi connectivity index (χ2n) is 8.40. The highest BCUT2D eigenvalue weighted by Gasteiger charge is 2.33. The third-order valence-electron chi connectivity index (χ3n) is 6.05. The Labute approximate surface area is 201 Å². The van der Waals surface area contributed by atoms with Crippen LogP contribution in [0.15, 0.2) is 59.4 Å². The van der Waals surface area contributed by atoms with Gasteiger partial charge in [-0.1, -0.05) is 18.2 Å². The Bertz CT molecular complexity index is 1110. The number of hydrogen-bond donors (Lipinski definition) is 4. The molecule has 180 valence electrons. The second kappa shape index (κ2) is 10.6. The minimum Gasteiger partial charge on any atom is -0.491 e. The Morgan fingerprint density at radius 2 is 2.15 bits per heavy atom. The zero-order chi connectivity index (χ0) is 24.1. The van der Waals surface area contributed by atoms with Crippen molar-refractivity contribution >= 4 is 23.2 Å². The molecule has 2 aromatic carbocycles. The Kier molecular flexibility index (Phi) is 7.40. The number of ether oxygens (including phenoxy) is 1. The standard InChI is InChI=1S/C26H34N6O2/c1-18-26-23-9-8-19(20(16-27-2)17-28-3)14-24(23)25(10-11-32(26)31(4)30-18)29-21-6-5-7-22(15-21)34-13-12-33/h5-9,14-17,25,27,29-30,33H,10-13H2,1-4H3/b20-16+,28-17-. The normalized spacial score (nSPS) is 18.4. The van der Waals surface area contributed by atoms with Crippen molar-refractivity contribution in [3.8, 4) is 5.75 Å². The van der Waals surface area contributed by atoms with Gasteiger partial charge in [-0.15, -0.1) is 5.12 Å². The summed E-state index contributed by atoms with van der Waals surface area (Å²) in [5.74, 6) is 0.739. The summed E-state index contributed by atoms with van der Waals surface area (Å²) in [5.41, 5.74) is 11.3. The average molecular weight is 463 g/mol. The van der Waals surface area contributed by atoms with Crippen molar-refractivity contribution in [2.75, 3.05) is 46.2 Å². The minimum atomic E-state index is -0.00812. The summed E-state index contributed by atoms with van der Waals surface area (Å²) in [7, 11) is 5.73. The van der Waals surface area contributed by atoms with Gasteiger partial charge in [0.15, 0.2) is 0 Å². The molecule has 1 atom stereocenters. The number of anilines is 1. The van der Waals surface area contributed by atoms with Gasteiger partial charge < -0.3 is 25.9 Å². The molecule has 0 aromatic heterocycles. The molecular formula is C26H34N6O2. The molecule has 4 rings (SSSR count). The molecule has 8 nitrogen and oxygen atoms in total. The van der Waals surface area contributed by atoms with E-state index in [9.17, 15) is 0 Å². The average Bonchev–Trinajstić information content (AvgIpc) is 3.02. The van der Waals surface area contributed by atoms with E-state index in [4.69, 9.17) is 9.84 Å². The van der Waals surface area contributed by atoms with Crippen molar-refractivity contribution in [1.82, 2.24) is 20.9 Å². The van der Waals surface area contributed by atoms with Gasteiger partial charge in [0.05, 0.1) is 24.0 Å². The van der Waals surface area contributed by atoms with E-state index >= 15 is 0 Å². The molecule has 0 saturated heterocycles. The maximum Gasteiger partial charge on any atom is 0.121 e. The number of hydrazine groups is 2. The number of benzene rings is 2. The van der Waals surface area contributed by atoms with Crippen LogP contribution in [0.1, 0.15) is 36.1 Å². The zero-order valence-electron chi connectivity index (χ0n) is 20.3. The van der Waals surface area contributed by atoms with Crippen molar-refractivity contribution in [3.05, 3.63) is 71.1 Å². The van der Waals surface area contributed by atoms with Gasteiger partial charge in [-0.2, -0.15) is 0 Å². The number of aliphatic imine (C=N–C) groups is 1. The van der Waals surface area contributed by atoms with Crippen molar-refractivity contribution in [1.29, 1.82) is 0 Å². The Balaban J connectivity index is 1.77. The van der Waals surface area contributed by atoms with Gasteiger partial charge in [0.2, 0.25) is 0 Å². The molecule has 0 fully saturated rings. The van der Waals surface area contributed by atoms with E-state index in [-0.39, 0.29) is 19.3 Å². The SMILES string of the molecule is C/N=C\C(=C/NC)c1ccc2c(c1)C(Nc1cccc(OCCO)c1)CCN1C2=C(C)NN1C. The minimum absolute atomic E-state index is 0.00812. The molecule has 2 heterocycles. The van der Waals surface area contributed by atoms with Crippen LogP contribution in [0.25, 0.3) is 11.3 Å². The maximum atomic E-state index is 9.09. The van der Waals surface area contributed by atoms with Gasteiger partial charge in [-0.05, 0) is 42.7 Å². The summed E-state index contributed by atoms with van der Waals surface area (Å²) in [6.07, 6.45) is 4.76. The first-order chi connectivity index (χ1) is 16.5. The summed E-state index contributed by atoms with van der Waals surface area (Å²) >= 11 is 0. The number of hydrogen-bond acceptors (Lipinski definition) is 8. The lowest BCUT2D eigenvalue weighted by Crippen LogP contribution is -2.40. The first-order valence-electron chi connectivity index (χ1n) is 11.6. The Hall–Kier alpha value is -3.49. The van der Waals surface area contributed by atoms with Crippen molar-refractivity contribution in [2.24, 2.45) is 4.99 Å². The number of aliphatic hydroxyl groups is 1. The van der Waals surface area contributed by atoms with Gasteiger partial charge in [-0.3, -0.25) is 10.0 Å². The molecule has 0 amide bonds. The predicted molar refractivity (Wildman–Crippen MR) is 138 cm³/mol. The number of fused-ring (bicyclic) bond motifs is 3. The smallest absolute Gasteiger partial charge is 0.121 e. The van der Waals surface area contributed by atoms with E-state index in [1.807, 2.05) is 44.7 Å². The van der Waals surface area contributed by atoms with Crippen LogP contribution in [0.5, 0.6) is 5.75 Å². The molecule has 1 unspecified atom stereocenters. The summed E-state index contributed by atoms with van der Waals surface area (Å²) in [6, 6.07) is 14.6. The number of allylic oxidation sites excluding steroid dienone is 2. The molecule has 2 aliphatic heterocycles. The van der Waals surface area contributed by atoms with Crippen LogP contribution in [0.4, 0.5) is 5.69 Å². The molecule has 0 saturated carbocycles. The molecular weight excluding hydrogens is 428 g/mol. The van der Waals surface area contributed by atoms with Gasteiger partial charge >= 0.3 is 0 Å². The zero-order valence-corrected chi connectivity index (χ0v) is 20.3. The van der Waals surface area contributed by atoms with E-state index in [0.717, 1.165) is 41.2 Å². The van der Waals surface area contributed by atoms with Crippen LogP contribution in [0.2, 0.25) is 0 Å². The van der Waals surface area contributed by atoms with Crippen LogP contribution < -0.4 is 20.8 Å². The largest absolute Gasteiger partial charge is 0.491 e. The number of nitrogens with zero attached hydrogens (tertiary/aromatic N) is 3. The van der Waals surface area contributed by atoms with Crippen LogP contribution in [0.3, 0.4) is 0 Å². The quantitative estimate of drug-likeness (QED) is 0.448. The van der Waals surface area contributed by atoms with Crippen molar-refractivity contribution < 1.29 is 9.84 Å². The first-order valence-corrected chi connectivity index (χ1v) is 11.6. The van der Waals surface area contributed by atoms with Crippen LogP contribution in [-0.2, 0) is 0 Å². The first kappa shape index (κ1) is 23.7. The maximum absolute atomic E-state index is 9.09. The Morgan fingerprint density at radius 1 is 1.29 bits per heavy atom. The fourth-order valence-corrected chi connectivity index (χ4v) is 4.64. The predicted octanol–water partition coefficient (Wildman–Crippen LogP) is 3.23. The van der Waals surface area contributed by atoms with E-state index in [1.54, 1.807) is 7.05 Å². The summed E-state index contributed by atoms with van der Waals surface area (Å²) in [6.45, 7) is 3.26. The van der Waals surface area contributed by atoms with E-state index in [2.05, 4.69) is 62.4 Å². The molecule has 0 aliphatic carbocycles. The number of nitrogens with one attached hydrogen (secondary N) is 3. The summed E-state index contributed by atoms with van der Waals surface area (Å²) in [4.78, 5) is 4.24. The van der Waals surface area contributed by atoms with Gasteiger partial charge in [0, 0.05) is 63.0 Å². The highest BCUT2D eigenvalue weighted by atomic mass is 16.5. The third kappa shape index (κ3) is 4.88. The van der Waals surface area contributed by atoms with Gasteiger partial charge in [0.1, 0.15) is 12.4 Å². The molecule has 0 radical (unpaired) electrons. The molecule has 0 bridgehead atoms. The number of rotatable bonds is 8. The molecule has 4 N–H and O–H groups in total.